The molecule has 1 fully saturated rings. The Labute approximate surface area is 188 Å². The van der Waals surface area contributed by atoms with Gasteiger partial charge in [-0.05, 0) is 6.07 Å². The van der Waals surface area contributed by atoms with E-state index >= 15 is 0 Å². The number of carbonyl (C=O) groups is 1. The second kappa shape index (κ2) is 9.33. The number of carbonyl (C=O) groups excluding carboxylic acids is 1. The summed E-state index contributed by atoms with van der Waals surface area (Å²) in [6.07, 6.45) is 0. The standard InChI is InChI=1S/C23H22N2O4S2/c26-22-23(27)30-17-24(22)20-12-7-13-21(14-20)25(31(28)29,15-18-8-3-1-4-9-18)16-19-10-5-2-6-11-19/h1-14,23,27H,15-17H2/p+1. The molecular weight excluding hydrogens is 432 g/mol. The number of thioether (sulfide) groups is 1. The predicted octanol–water partition coefficient (Wildman–Crippen LogP) is 3.89. The largest absolute Gasteiger partial charge is 0.373 e. The minimum Gasteiger partial charge on any atom is -0.373 e. The number of rotatable bonds is 7. The lowest BCUT2D eigenvalue weighted by molar-refractivity contribution is -0.121. The monoisotopic (exact) mass is 455 g/mol. The van der Waals surface area contributed by atoms with Crippen LogP contribution in [-0.4, -0.2) is 31.1 Å². The molecule has 0 spiro atoms. The van der Waals surface area contributed by atoms with Gasteiger partial charge in [0.05, 0.1) is 11.6 Å². The van der Waals surface area contributed by atoms with Crippen LogP contribution >= 0.6 is 11.8 Å². The van der Waals surface area contributed by atoms with E-state index in [0.29, 0.717) is 30.3 Å². The van der Waals surface area contributed by atoms with Crippen molar-refractivity contribution in [2.45, 2.75) is 18.5 Å². The van der Waals surface area contributed by atoms with Gasteiger partial charge in [0.1, 0.15) is 13.1 Å². The van der Waals surface area contributed by atoms with Gasteiger partial charge in [-0.3, -0.25) is 14.2 Å². The molecule has 0 bridgehead atoms. The highest BCUT2D eigenvalue weighted by Gasteiger charge is 2.40. The number of hydrogen-bond donors (Lipinski definition) is 2. The first-order chi connectivity index (χ1) is 15.0. The molecule has 6 nitrogen and oxygen atoms in total. The van der Waals surface area contributed by atoms with Crippen molar-refractivity contribution in [3.05, 3.63) is 96.1 Å². The smallest absolute Gasteiger partial charge is 0.364 e. The number of amides is 1. The predicted molar refractivity (Wildman–Crippen MR) is 125 cm³/mol. The summed E-state index contributed by atoms with van der Waals surface area (Å²) in [5, 5.41) is 9.82. The van der Waals surface area contributed by atoms with E-state index in [1.165, 1.54) is 4.90 Å². The SMILES string of the molecule is O=C1C(O)SCN1c1cccc([N+](Cc2ccccc2)(Cc2ccccc2)S(=O)O)c1. The summed E-state index contributed by atoms with van der Waals surface area (Å²) in [7, 11) is 0. The van der Waals surface area contributed by atoms with Crippen LogP contribution in [0.2, 0.25) is 0 Å². The quantitative estimate of drug-likeness (QED) is 0.418. The van der Waals surface area contributed by atoms with Crippen molar-refractivity contribution in [3.8, 4) is 0 Å². The molecule has 3 aromatic carbocycles. The molecule has 31 heavy (non-hydrogen) atoms. The third-order valence-corrected chi connectivity index (χ3v) is 7.30. The Morgan fingerprint density at radius 1 is 0.935 bits per heavy atom. The molecule has 4 rings (SSSR count). The molecule has 0 saturated carbocycles. The topological polar surface area (TPSA) is 77.8 Å². The molecule has 8 heteroatoms. The molecule has 1 amide bonds. The summed E-state index contributed by atoms with van der Waals surface area (Å²) in [6.45, 7) is 0.598. The van der Waals surface area contributed by atoms with Crippen LogP contribution in [0.5, 0.6) is 0 Å². The summed E-state index contributed by atoms with van der Waals surface area (Å²) in [5.41, 5.74) is 1.98. The van der Waals surface area contributed by atoms with Gasteiger partial charge in [-0.25, -0.2) is 0 Å². The van der Waals surface area contributed by atoms with Crippen molar-refractivity contribution in [3.63, 3.8) is 0 Å². The minimum atomic E-state index is -2.26. The number of benzene rings is 3. The van der Waals surface area contributed by atoms with E-state index in [2.05, 4.69) is 0 Å². The van der Waals surface area contributed by atoms with E-state index in [-0.39, 0.29) is 9.80 Å². The van der Waals surface area contributed by atoms with E-state index < -0.39 is 16.7 Å². The van der Waals surface area contributed by atoms with Crippen molar-refractivity contribution < 1.29 is 18.7 Å². The lowest BCUT2D eigenvalue weighted by Gasteiger charge is -2.33. The lowest BCUT2D eigenvalue weighted by Crippen LogP contribution is -2.49. The number of nitrogens with zero attached hydrogens (tertiary/aromatic N) is 2. The van der Waals surface area contributed by atoms with E-state index in [4.69, 9.17) is 0 Å². The molecule has 2 unspecified atom stereocenters. The second-order valence-electron chi connectivity index (χ2n) is 7.34. The molecule has 0 aliphatic carbocycles. The zero-order valence-electron chi connectivity index (χ0n) is 16.7. The fourth-order valence-corrected chi connectivity index (χ4v) is 5.37. The van der Waals surface area contributed by atoms with Gasteiger partial charge in [-0.15, -0.1) is 0 Å². The van der Waals surface area contributed by atoms with Crippen LogP contribution < -0.4 is 8.79 Å². The Balaban J connectivity index is 1.81. The molecular formula is C23H23N2O4S2+. The third-order valence-electron chi connectivity index (χ3n) is 5.31. The molecule has 1 heterocycles. The highest BCUT2D eigenvalue weighted by Crippen LogP contribution is 2.36. The fraction of sp³-hybridized carbons (Fsp3) is 0.174. The third kappa shape index (κ3) is 4.58. The van der Waals surface area contributed by atoms with Crippen molar-refractivity contribution in [1.29, 1.82) is 0 Å². The van der Waals surface area contributed by atoms with Gasteiger partial charge < -0.3 is 5.11 Å². The van der Waals surface area contributed by atoms with Crippen LogP contribution in [0.4, 0.5) is 11.4 Å². The van der Waals surface area contributed by atoms with Gasteiger partial charge in [-0.1, -0.05) is 78.5 Å². The van der Waals surface area contributed by atoms with Crippen LogP contribution in [0.1, 0.15) is 11.1 Å². The van der Waals surface area contributed by atoms with Gasteiger partial charge in [0.15, 0.2) is 11.1 Å². The molecule has 1 saturated heterocycles. The van der Waals surface area contributed by atoms with E-state index in [0.717, 1.165) is 22.9 Å². The van der Waals surface area contributed by atoms with Crippen molar-refractivity contribution in [2.24, 2.45) is 0 Å². The maximum atomic E-state index is 12.9. The minimum absolute atomic E-state index is 0.237. The highest BCUT2D eigenvalue weighted by molar-refractivity contribution is 8.01. The van der Waals surface area contributed by atoms with Crippen LogP contribution in [0.15, 0.2) is 84.9 Å². The van der Waals surface area contributed by atoms with Crippen LogP contribution in [-0.2, 0) is 29.2 Å². The molecule has 2 N–H and O–H groups in total. The first-order valence-electron chi connectivity index (χ1n) is 9.78. The van der Waals surface area contributed by atoms with E-state index in [1.807, 2.05) is 66.7 Å². The average Bonchev–Trinajstić information content (AvgIpc) is 3.13. The summed E-state index contributed by atoms with van der Waals surface area (Å²) in [5.74, 6) is -0.0419. The first-order valence-corrected chi connectivity index (χ1v) is 11.9. The Bertz CT molecular complexity index is 1040. The average molecular weight is 456 g/mol. The molecule has 0 radical (unpaired) electrons. The van der Waals surface area contributed by atoms with Crippen molar-refractivity contribution in [1.82, 2.24) is 3.89 Å². The second-order valence-corrected chi connectivity index (χ2v) is 9.54. The molecule has 0 aromatic heterocycles. The van der Waals surface area contributed by atoms with Crippen LogP contribution in [0.25, 0.3) is 0 Å². The summed E-state index contributed by atoms with van der Waals surface area (Å²) >= 11 is -1.11. The van der Waals surface area contributed by atoms with Gasteiger partial charge in [0.2, 0.25) is 0 Å². The Kier molecular flexibility index (Phi) is 6.54. The summed E-state index contributed by atoms with van der Waals surface area (Å²) in [6, 6.07) is 26.3. The zero-order valence-corrected chi connectivity index (χ0v) is 18.3. The Morgan fingerprint density at radius 3 is 2.00 bits per heavy atom. The van der Waals surface area contributed by atoms with Crippen LogP contribution in [0.3, 0.4) is 0 Å². The van der Waals surface area contributed by atoms with Gasteiger partial charge in [0.25, 0.3) is 5.91 Å². The molecule has 2 atom stereocenters. The normalized spacial score (nSPS) is 17.7. The fourth-order valence-electron chi connectivity index (χ4n) is 3.73. The van der Waals surface area contributed by atoms with Gasteiger partial charge >= 0.3 is 11.3 Å². The van der Waals surface area contributed by atoms with E-state index in [9.17, 15) is 18.7 Å². The highest BCUT2D eigenvalue weighted by atomic mass is 32.2. The van der Waals surface area contributed by atoms with E-state index in [1.54, 1.807) is 18.2 Å². The molecule has 160 valence electrons. The molecule has 1 aliphatic heterocycles. The first kappa shape index (κ1) is 21.7. The number of aliphatic hydroxyl groups excluding tert-OH is 1. The Morgan fingerprint density at radius 2 is 1.52 bits per heavy atom. The van der Waals surface area contributed by atoms with Crippen molar-refractivity contribution in [2.75, 3.05) is 10.8 Å². The maximum Gasteiger partial charge on any atom is 0.364 e. The number of quaternary nitrogens is 1. The Hall–Kier alpha value is -2.49. The van der Waals surface area contributed by atoms with Crippen LogP contribution in [0, 0.1) is 0 Å². The van der Waals surface area contributed by atoms with Crippen molar-refractivity contribution >= 4 is 40.3 Å². The maximum absolute atomic E-state index is 12.9. The number of aliphatic hydroxyl groups is 1. The lowest BCUT2D eigenvalue weighted by atomic mass is 10.1. The zero-order chi connectivity index (χ0) is 21.8. The molecule has 3 aromatic rings. The summed E-state index contributed by atoms with van der Waals surface area (Å²) in [4.78, 5) is 13.8. The number of anilines is 1. The molecule has 1 aliphatic rings. The van der Waals surface area contributed by atoms with Gasteiger partial charge in [0, 0.05) is 23.3 Å². The van der Waals surface area contributed by atoms with Gasteiger partial charge in [-0.2, -0.15) is 8.10 Å². The number of hydrogen-bond acceptors (Lipinski definition) is 4. The summed E-state index contributed by atoms with van der Waals surface area (Å²) < 4.78 is 23.3.